The average Bonchev–Trinajstić information content (AvgIpc) is 2.71. The maximum absolute atomic E-state index is 11.5. The second kappa shape index (κ2) is 6.56. The third-order valence-electron chi connectivity index (χ3n) is 3.08. The highest BCUT2D eigenvalue weighted by Gasteiger charge is 2.25. The van der Waals surface area contributed by atoms with Gasteiger partial charge in [0.25, 0.3) is 0 Å². The van der Waals surface area contributed by atoms with E-state index in [0.717, 1.165) is 19.6 Å². The number of carbonyl (C=O) groups is 2. The lowest BCUT2D eigenvalue weighted by molar-refractivity contribution is -0.121. The number of rotatable bonds is 4. The van der Waals surface area contributed by atoms with Crippen LogP contribution in [-0.2, 0) is 9.53 Å². The van der Waals surface area contributed by atoms with Crippen molar-refractivity contribution in [2.75, 3.05) is 20.2 Å². The first-order chi connectivity index (χ1) is 8.04. The molecule has 1 aliphatic heterocycles. The van der Waals surface area contributed by atoms with E-state index in [0.29, 0.717) is 5.92 Å². The molecule has 0 aromatic carbocycles. The van der Waals surface area contributed by atoms with Crippen LogP contribution in [0.1, 0.15) is 20.3 Å². The van der Waals surface area contributed by atoms with Crippen molar-refractivity contribution in [3.05, 3.63) is 0 Å². The first-order valence-corrected chi connectivity index (χ1v) is 5.92. The maximum Gasteiger partial charge on any atom is 0.321 e. The minimum absolute atomic E-state index is 0.233. The van der Waals surface area contributed by atoms with E-state index in [4.69, 9.17) is 4.74 Å². The molecule has 6 heteroatoms. The van der Waals surface area contributed by atoms with Crippen LogP contribution in [0.25, 0.3) is 0 Å². The molecule has 17 heavy (non-hydrogen) atoms. The number of carbonyl (C=O) groups excluding carboxylic acids is 2. The van der Waals surface area contributed by atoms with Gasteiger partial charge in [-0.15, -0.1) is 0 Å². The van der Waals surface area contributed by atoms with Crippen LogP contribution in [0.3, 0.4) is 0 Å². The number of ether oxygens (including phenoxy) is 1. The Morgan fingerprint density at radius 3 is 2.71 bits per heavy atom. The first-order valence-electron chi connectivity index (χ1n) is 5.92. The fourth-order valence-electron chi connectivity index (χ4n) is 1.75. The second-order valence-corrected chi connectivity index (χ2v) is 4.32. The zero-order chi connectivity index (χ0) is 12.8. The number of hydrogen-bond acceptors (Lipinski definition) is 4. The molecule has 0 radical (unpaired) electrons. The van der Waals surface area contributed by atoms with Crippen molar-refractivity contribution < 1.29 is 14.3 Å². The second-order valence-electron chi connectivity index (χ2n) is 4.32. The zero-order valence-corrected chi connectivity index (χ0v) is 10.6. The van der Waals surface area contributed by atoms with Gasteiger partial charge < -0.3 is 15.4 Å². The number of hydrogen-bond donors (Lipinski definition) is 3. The van der Waals surface area contributed by atoms with E-state index in [1.54, 1.807) is 6.92 Å². The minimum Gasteiger partial charge on any atom is -0.378 e. The molecular formula is C11H21N3O3. The summed E-state index contributed by atoms with van der Waals surface area (Å²) in [5.41, 5.74) is 0. The summed E-state index contributed by atoms with van der Waals surface area (Å²) in [6, 6.07) is -0.874. The van der Waals surface area contributed by atoms with Crippen LogP contribution in [-0.4, -0.2) is 44.3 Å². The van der Waals surface area contributed by atoms with E-state index in [2.05, 4.69) is 16.0 Å². The molecule has 0 aromatic heterocycles. The van der Waals surface area contributed by atoms with E-state index >= 15 is 0 Å². The van der Waals surface area contributed by atoms with Crippen molar-refractivity contribution in [3.8, 4) is 0 Å². The van der Waals surface area contributed by atoms with Crippen molar-refractivity contribution in [1.29, 1.82) is 0 Å². The third kappa shape index (κ3) is 4.32. The van der Waals surface area contributed by atoms with Gasteiger partial charge in [-0.3, -0.25) is 10.1 Å². The van der Waals surface area contributed by atoms with Gasteiger partial charge in [0.1, 0.15) is 0 Å². The van der Waals surface area contributed by atoms with Crippen LogP contribution in [0.4, 0.5) is 4.79 Å². The molecule has 0 aliphatic carbocycles. The highest BCUT2D eigenvalue weighted by atomic mass is 16.5. The van der Waals surface area contributed by atoms with E-state index in [-0.39, 0.29) is 18.1 Å². The van der Waals surface area contributed by atoms with Gasteiger partial charge in [0, 0.05) is 20.2 Å². The number of nitrogens with one attached hydrogen (secondary N) is 3. The topological polar surface area (TPSA) is 79.5 Å². The van der Waals surface area contributed by atoms with Gasteiger partial charge in [-0.05, 0) is 26.2 Å². The Labute approximate surface area is 101 Å². The SMILES string of the molecule is CNC(=O)NC(=O)C(C)NCC1CCOC1C. The fraction of sp³-hybridized carbons (Fsp3) is 0.818. The normalized spacial score (nSPS) is 25.4. The molecule has 1 fully saturated rings. The Morgan fingerprint density at radius 1 is 1.47 bits per heavy atom. The quantitative estimate of drug-likeness (QED) is 0.641. The highest BCUT2D eigenvalue weighted by molar-refractivity contribution is 5.96. The van der Waals surface area contributed by atoms with Gasteiger partial charge in [0.15, 0.2) is 0 Å². The fourth-order valence-corrected chi connectivity index (χ4v) is 1.75. The lowest BCUT2D eigenvalue weighted by atomic mass is 10.0. The maximum atomic E-state index is 11.5. The van der Waals surface area contributed by atoms with Crippen LogP contribution < -0.4 is 16.0 Å². The average molecular weight is 243 g/mol. The van der Waals surface area contributed by atoms with Crippen molar-refractivity contribution in [3.63, 3.8) is 0 Å². The molecule has 6 nitrogen and oxygen atoms in total. The predicted octanol–water partition coefficient (Wildman–Crippen LogP) is -0.155. The zero-order valence-electron chi connectivity index (χ0n) is 10.6. The molecule has 0 bridgehead atoms. The first kappa shape index (κ1) is 13.9. The standard InChI is InChI=1S/C11H21N3O3/c1-7(10(15)14-11(16)12-3)13-6-9-4-5-17-8(9)2/h7-9,13H,4-6H2,1-3H3,(H2,12,14,15,16). The van der Waals surface area contributed by atoms with Crippen LogP contribution >= 0.6 is 0 Å². The van der Waals surface area contributed by atoms with Crippen LogP contribution in [0, 0.1) is 5.92 Å². The van der Waals surface area contributed by atoms with Gasteiger partial charge in [-0.2, -0.15) is 0 Å². The minimum atomic E-state index is -0.485. The summed E-state index contributed by atoms with van der Waals surface area (Å²) < 4.78 is 5.44. The van der Waals surface area contributed by atoms with E-state index in [1.165, 1.54) is 7.05 Å². The van der Waals surface area contributed by atoms with E-state index < -0.39 is 6.03 Å². The molecule has 0 saturated carbocycles. The molecule has 1 rings (SSSR count). The lowest BCUT2D eigenvalue weighted by Crippen LogP contribution is -2.48. The van der Waals surface area contributed by atoms with E-state index in [1.807, 2.05) is 6.92 Å². The lowest BCUT2D eigenvalue weighted by Gasteiger charge is -2.18. The molecule has 3 N–H and O–H groups in total. The summed E-state index contributed by atoms with van der Waals surface area (Å²) in [6.45, 7) is 5.28. The number of amides is 3. The van der Waals surface area contributed by atoms with Gasteiger partial charge in [-0.1, -0.05) is 0 Å². The monoisotopic (exact) mass is 243 g/mol. The molecule has 1 aliphatic rings. The Hall–Kier alpha value is -1.14. The van der Waals surface area contributed by atoms with Crippen molar-refractivity contribution in [2.45, 2.75) is 32.4 Å². The largest absolute Gasteiger partial charge is 0.378 e. The summed E-state index contributed by atoms with van der Waals surface area (Å²) >= 11 is 0. The van der Waals surface area contributed by atoms with Crippen LogP contribution in [0.2, 0.25) is 0 Å². The van der Waals surface area contributed by atoms with Gasteiger partial charge >= 0.3 is 6.03 Å². The van der Waals surface area contributed by atoms with Crippen LogP contribution in [0.15, 0.2) is 0 Å². The van der Waals surface area contributed by atoms with Crippen molar-refractivity contribution >= 4 is 11.9 Å². The summed E-state index contributed by atoms with van der Waals surface area (Å²) in [5, 5.41) is 7.68. The van der Waals surface area contributed by atoms with Gasteiger partial charge in [0.05, 0.1) is 12.1 Å². The molecule has 3 amide bonds. The smallest absolute Gasteiger partial charge is 0.321 e. The summed E-state index contributed by atoms with van der Waals surface area (Å²) in [7, 11) is 1.47. The van der Waals surface area contributed by atoms with Crippen LogP contribution in [0.5, 0.6) is 0 Å². The third-order valence-corrected chi connectivity index (χ3v) is 3.08. The Balaban J connectivity index is 2.26. The number of imide groups is 1. The molecule has 3 atom stereocenters. The Morgan fingerprint density at radius 2 is 2.18 bits per heavy atom. The predicted molar refractivity (Wildman–Crippen MR) is 63.6 cm³/mol. The highest BCUT2D eigenvalue weighted by Crippen LogP contribution is 2.19. The molecule has 1 saturated heterocycles. The van der Waals surface area contributed by atoms with Gasteiger partial charge in [0.2, 0.25) is 5.91 Å². The van der Waals surface area contributed by atoms with Crippen molar-refractivity contribution in [2.24, 2.45) is 5.92 Å². The molecule has 3 unspecified atom stereocenters. The Bertz CT molecular complexity index is 283. The number of urea groups is 1. The van der Waals surface area contributed by atoms with Gasteiger partial charge in [-0.25, -0.2) is 4.79 Å². The Kier molecular flexibility index (Phi) is 5.37. The summed E-state index contributed by atoms with van der Waals surface area (Å²) in [6.07, 6.45) is 1.24. The molecule has 0 aromatic rings. The molecular weight excluding hydrogens is 222 g/mol. The van der Waals surface area contributed by atoms with Crippen molar-refractivity contribution in [1.82, 2.24) is 16.0 Å². The summed E-state index contributed by atoms with van der Waals surface area (Å²) in [5.74, 6) is 0.112. The summed E-state index contributed by atoms with van der Waals surface area (Å²) in [4.78, 5) is 22.5. The molecule has 98 valence electrons. The molecule has 0 spiro atoms. The van der Waals surface area contributed by atoms with E-state index in [9.17, 15) is 9.59 Å². The molecule has 1 heterocycles.